The number of aliphatic hydroxyl groups excluding tert-OH is 1. The smallest absolute Gasteiger partial charge is 0.293 e. The summed E-state index contributed by atoms with van der Waals surface area (Å²) >= 11 is 0. The number of amides is 1. The Morgan fingerprint density at radius 1 is 1.00 bits per heavy atom. The number of hydrogen-bond donors (Lipinski definition) is 3. The van der Waals surface area contributed by atoms with Crippen LogP contribution in [0.5, 0.6) is 0 Å². The summed E-state index contributed by atoms with van der Waals surface area (Å²) in [5.74, 6) is 0.386. The van der Waals surface area contributed by atoms with Crippen LogP contribution in [-0.4, -0.2) is 63.0 Å². The Kier molecular flexibility index (Phi) is 23.6. The van der Waals surface area contributed by atoms with E-state index in [4.69, 9.17) is 14.6 Å². The maximum Gasteiger partial charge on any atom is 0.293 e. The molecule has 0 radical (unpaired) electrons. The summed E-state index contributed by atoms with van der Waals surface area (Å²) in [7, 11) is 2.98. The minimum absolute atomic E-state index is 0. The van der Waals surface area contributed by atoms with E-state index in [1.165, 1.54) is 22.3 Å². The third-order valence-corrected chi connectivity index (χ3v) is 4.36. The molecule has 0 bridgehead atoms. The molecule has 0 heterocycles. The average Bonchev–Trinajstić information content (AvgIpc) is 3.09. The van der Waals surface area contributed by atoms with E-state index in [2.05, 4.69) is 64.3 Å². The van der Waals surface area contributed by atoms with E-state index in [1.54, 1.807) is 0 Å². The molecule has 0 saturated heterocycles. The number of hydrogen-bond acceptors (Lipinski definition) is 6. The number of fused-ring (bicyclic) bond motifs is 3. The first kappa shape index (κ1) is 36.8. The molecule has 1 aliphatic rings. The van der Waals surface area contributed by atoms with Crippen molar-refractivity contribution < 1.29 is 60.8 Å². The Bertz CT molecular complexity index is 738. The molecule has 1 aliphatic carbocycles. The molecule has 9 heteroatoms. The molecule has 2 aromatic carbocycles. The second kappa shape index (κ2) is 21.8. The summed E-state index contributed by atoms with van der Waals surface area (Å²) in [6, 6.07) is 17.4. The zero-order chi connectivity index (χ0) is 24.4. The van der Waals surface area contributed by atoms with Gasteiger partial charge in [-0.15, -0.1) is 0 Å². The van der Waals surface area contributed by atoms with Crippen LogP contribution in [0.4, 0.5) is 0 Å². The largest absolute Gasteiger partial charge is 0.462 e. The van der Waals surface area contributed by atoms with E-state index in [9.17, 15) is 4.79 Å². The molecular weight excluding hydrogens is 662 g/mol. The summed E-state index contributed by atoms with van der Waals surface area (Å²) in [6.07, 6.45) is 1.31. The van der Waals surface area contributed by atoms with Gasteiger partial charge in [0.05, 0.1) is 6.61 Å². The number of benzene rings is 2. The first-order valence-electron chi connectivity index (χ1n) is 10.5. The van der Waals surface area contributed by atoms with Crippen molar-refractivity contribution in [1.82, 2.24) is 5.32 Å². The molecule has 8 nitrogen and oxygen atoms in total. The maximum absolute atomic E-state index is 9.60. The third-order valence-electron chi connectivity index (χ3n) is 4.36. The maximum atomic E-state index is 9.60. The number of carbonyl (C=O) groups is 2. The summed E-state index contributed by atoms with van der Waals surface area (Å²) < 4.78 is 10.4. The number of carbonyl (C=O) groups excluding carboxylic acids is 2. The number of aliphatic hydroxyl groups is 1. The first-order chi connectivity index (χ1) is 15.4. The molecule has 6 N–H and O–H groups in total. The molecule has 0 aromatic heterocycles. The van der Waals surface area contributed by atoms with Crippen molar-refractivity contribution >= 4 is 12.9 Å². The van der Waals surface area contributed by atoms with Gasteiger partial charge in [0, 0.05) is 50.7 Å². The Morgan fingerprint density at radius 3 is 1.79 bits per heavy atom. The Morgan fingerprint density at radius 2 is 1.44 bits per heavy atom. The number of ether oxygens (including phenoxy) is 2. The van der Waals surface area contributed by atoms with Gasteiger partial charge >= 0.3 is 0 Å². The van der Waals surface area contributed by atoms with Gasteiger partial charge in [-0.25, -0.2) is 0 Å². The van der Waals surface area contributed by atoms with Gasteiger partial charge in [0.1, 0.15) is 5.60 Å². The van der Waals surface area contributed by atoms with Crippen molar-refractivity contribution in [3.8, 4) is 11.1 Å². The molecule has 190 valence electrons. The standard InChI is InChI=1S/C18H21NO.C5H10O2.CH3NO.CH4O.H2O.U/c1-19-11-6-12-20-13-18-16-9-4-2-7-14(16)15-8-3-5-10-17(15)18;1-5(2,3)7-4-6;2-1-3;1-2;;/h2-5,7-10,18-19H,6,11-13H2,1H3;4H,1-3H3;1H,(H2,2,3);2H,1H3;1H2;. The molecule has 2 aromatic rings. The number of primary amides is 1. The number of nitrogens with two attached hydrogens (primary N) is 1. The molecular formula is C25H40N2O6U. The fraction of sp³-hybridized carbons (Fsp3) is 0.440. The zero-order valence-electron chi connectivity index (χ0n) is 20.8. The van der Waals surface area contributed by atoms with Crippen molar-refractivity contribution in [2.45, 2.75) is 38.7 Å². The van der Waals surface area contributed by atoms with Gasteiger partial charge in [0.25, 0.3) is 6.47 Å². The van der Waals surface area contributed by atoms with Crippen LogP contribution in [0.1, 0.15) is 44.2 Å². The van der Waals surface area contributed by atoms with Crippen molar-refractivity contribution in [3.05, 3.63) is 59.7 Å². The van der Waals surface area contributed by atoms with E-state index in [-0.39, 0.29) is 48.6 Å². The zero-order valence-corrected chi connectivity index (χ0v) is 25.0. The van der Waals surface area contributed by atoms with Crippen LogP contribution in [0, 0.1) is 31.1 Å². The minimum Gasteiger partial charge on any atom is -0.462 e. The van der Waals surface area contributed by atoms with Crippen molar-refractivity contribution in [2.24, 2.45) is 5.73 Å². The van der Waals surface area contributed by atoms with Crippen molar-refractivity contribution in [3.63, 3.8) is 0 Å². The summed E-state index contributed by atoms with van der Waals surface area (Å²) in [5.41, 5.74) is 9.39. The topological polar surface area (TPSA) is 142 Å². The fourth-order valence-electron chi connectivity index (χ4n) is 3.14. The molecule has 0 fully saturated rings. The Balaban J connectivity index is -0.000000586. The summed E-state index contributed by atoms with van der Waals surface area (Å²) in [4.78, 5) is 18.2. The van der Waals surface area contributed by atoms with Crippen LogP contribution >= 0.6 is 0 Å². The Labute approximate surface area is 227 Å². The van der Waals surface area contributed by atoms with Crippen LogP contribution in [0.3, 0.4) is 0 Å². The molecule has 0 saturated carbocycles. The summed E-state index contributed by atoms with van der Waals surface area (Å²) in [6.45, 7) is 8.53. The first-order valence-corrected chi connectivity index (χ1v) is 10.5. The second-order valence-corrected chi connectivity index (χ2v) is 7.72. The van der Waals surface area contributed by atoms with E-state index >= 15 is 0 Å². The predicted molar refractivity (Wildman–Crippen MR) is 132 cm³/mol. The monoisotopic (exact) mass is 702 g/mol. The van der Waals surface area contributed by atoms with E-state index in [1.807, 2.05) is 27.8 Å². The van der Waals surface area contributed by atoms with Crippen molar-refractivity contribution in [2.75, 3.05) is 33.9 Å². The van der Waals surface area contributed by atoms with Crippen molar-refractivity contribution in [1.29, 1.82) is 0 Å². The van der Waals surface area contributed by atoms with E-state index < -0.39 is 0 Å². The van der Waals surface area contributed by atoms with E-state index in [0.717, 1.165) is 33.3 Å². The summed E-state index contributed by atoms with van der Waals surface area (Å²) in [5, 5.41) is 10.1. The molecule has 3 rings (SSSR count). The second-order valence-electron chi connectivity index (χ2n) is 7.72. The van der Waals surface area contributed by atoms with Crippen LogP contribution < -0.4 is 11.1 Å². The molecule has 0 aliphatic heterocycles. The van der Waals surface area contributed by atoms with Crippen LogP contribution in [0.15, 0.2) is 48.5 Å². The van der Waals surface area contributed by atoms with Gasteiger partial charge in [-0.05, 0) is 63.0 Å². The predicted octanol–water partition coefficient (Wildman–Crippen LogP) is 2.27. The van der Waals surface area contributed by atoms with Crippen LogP contribution in [0.25, 0.3) is 11.1 Å². The van der Waals surface area contributed by atoms with Gasteiger partial charge in [-0.2, -0.15) is 0 Å². The van der Waals surface area contributed by atoms with Crippen LogP contribution in [0.2, 0.25) is 0 Å². The van der Waals surface area contributed by atoms with E-state index in [0.29, 0.717) is 12.4 Å². The van der Waals surface area contributed by atoms with Gasteiger partial charge in [-0.3, -0.25) is 9.59 Å². The molecule has 1 amide bonds. The molecule has 0 unspecified atom stereocenters. The molecule has 0 atom stereocenters. The third kappa shape index (κ3) is 13.9. The van der Waals surface area contributed by atoms with Crippen LogP contribution in [-0.2, 0) is 19.1 Å². The fourth-order valence-corrected chi connectivity index (χ4v) is 3.14. The van der Waals surface area contributed by atoms with Gasteiger partial charge in [0.15, 0.2) is 0 Å². The quantitative estimate of drug-likeness (QED) is 0.299. The molecule has 0 spiro atoms. The van der Waals surface area contributed by atoms with Gasteiger partial charge in [-0.1, -0.05) is 48.5 Å². The normalized spacial score (nSPS) is 10.5. The Hall–Kier alpha value is -1.73. The van der Waals surface area contributed by atoms with Gasteiger partial charge in [0.2, 0.25) is 6.41 Å². The average molecular weight is 703 g/mol. The minimum atomic E-state index is -0.318. The SMILES string of the molecule is CC(C)(C)OC=O.CNCCCOCC1c2ccccc2-c2ccccc21.CO.NC=O.O.[U]. The number of nitrogens with one attached hydrogen (secondary N) is 1. The number of rotatable bonds is 7. The molecule has 34 heavy (non-hydrogen) atoms. The van der Waals surface area contributed by atoms with Gasteiger partial charge < -0.3 is 31.1 Å².